The van der Waals surface area contributed by atoms with E-state index in [1.54, 1.807) is 0 Å². The molecule has 0 amide bonds. The minimum atomic E-state index is -4.21. The van der Waals surface area contributed by atoms with Gasteiger partial charge in [-0.3, -0.25) is 0 Å². The maximum atomic E-state index is 12.0. The number of hydrogen-bond donors (Lipinski definition) is 1. The number of alkyl halides is 3. The Hall–Kier alpha value is -0.290. The lowest BCUT2D eigenvalue weighted by atomic mass is 9.75. The molecule has 0 aliphatic heterocycles. The van der Waals surface area contributed by atoms with Gasteiger partial charge in [-0.2, -0.15) is 13.2 Å². The van der Waals surface area contributed by atoms with Gasteiger partial charge >= 0.3 is 6.18 Å². The molecule has 0 saturated heterocycles. The topological polar surface area (TPSA) is 21.3 Å². The van der Waals surface area contributed by atoms with Crippen LogP contribution in [0.4, 0.5) is 13.2 Å². The van der Waals surface area contributed by atoms with Crippen molar-refractivity contribution in [3.63, 3.8) is 0 Å². The van der Waals surface area contributed by atoms with E-state index in [1.807, 2.05) is 0 Å². The second-order valence-electron chi connectivity index (χ2n) is 5.85. The Morgan fingerprint density at radius 3 is 2.50 bits per heavy atom. The maximum absolute atomic E-state index is 12.0. The first kappa shape index (κ1) is 17.8. The van der Waals surface area contributed by atoms with Crippen molar-refractivity contribution in [2.45, 2.75) is 64.6 Å². The molecule has 1 saturated carbocycles. The zero-order valence-electron chi connectivity index (χ0n) is 12.6. The highest BCUT2D eigenvalue weighted by Crippen LogP contribution is 2.34. The molecule has 3 unspecified atom stereocenters. The van der Waals surface area contributed by atoms with E-state index in [9.17, 15) is 13.2 Å². The fourth-order valence-corrected chi connectivity index (χ4v) is 3.30. The molecule has 2 nitrogen and oxygen atoms in total. The van der Waals surface area contributed by atoms with Crippen LogP contribution in [0.3, 0.4) is 0 Å². The molecule has 0 aromatic heterocycles. The predicted octanol–water partition coefficient (Wildman–Crippen LogP) is 4.15. The largest absolute Gasteiger partial charge is 0.411 e. The van der Waals surface area contributed by atoms with Crippen LogP contribution in [-0.2, 0) is 4.74 Å². The molecule has 5 heteroatoms. The Bertz CT molecular complexity index is 258. The van der Waals surface area contributed by atoms with E-state index in [0.717, 1.165) is 31.7 Å². The van der Waals surface area contributed by atoms with Crippen molar-refractivity contribution >= 4 is 0 Å². The van der Waals surface area contributed by atoms with Crippen LogP contribution in [0, 0.1) is 11.8 Å². The van der Waals surface area contributed by atoms with Gasteiger partial charge in [0.25, 0.3) is 0 Å². The summed E-state index contributed by atoms with van der Waals surface area (Å²) in [6.45, 7) is 4.28. The fraction of sp³-hybridized carbons (Fsp3) is 1.00. The smallest absolute Gasteiger partial charge is 0.372 e. The highest BCUT2D eigenvalue weighted by Gasteiger charge is 2.30. The van der Waals surface area contributed by atoms with E-state index in [0.29, 0.717) is 12.0 Å². The molecule has 1 aliphatic rings. The molecule has 1 fully saturated rings. The molecular weight excluding hydrogens is 267 g/mol. The lowest BCUT2D eigenvalue weighted by molar-refractivity contribution is -0.174. The number of ether oxygens (including phenoxy) is 1. The summed E-state index contributed by atoms with van der Waals surface area (Å²) in [5.74, 6) is 1.19. The average Bonchev–Trinajstić information content (AvgIpc) is 2.37. The normalized spacial score (nSPS) is 27.8. The molecule has 3 atom stereocenters. The van der Waals surface area contributed by atoms with Crippen molar-refractivity contribution in [3.8, 4) is 0 Å². The Morgan fingerprint density at radius 1 is 1.15 bits per heavy atom. The Morgan fingerprint density at radius 2 is 1.90 bits per heavy atom. The maximum Gasteiger partial charge on any atom is 0.411 e. The van der Waals surface area contributed by atoms with E-state index in [4.69, 9.17) is 4.74 Å². The predicted molar refractivity (Wildman–Crippen MR) is 74.7 cm³/mol. The third-order valence-corrected chi connectivity index (χ3v) is 4.15. The summed E-state index contributed by atoms with van der Waals surface area (Å²) in [5, 5.41) is 3.48. The van der Waals surface area contributed by atoms with Crippen LogP contribution in [0.15, 0.2) is 0 Å². The molecule has 0 bridgehead atoms. The number of halogens is 3. The molecule has 0 aromatic rings. The molecule has 1 N–H and O–H groups in total. The van der Waals surface area contributed by atoms with Crippen LogP contribution >= 0.6 is 0 Å². The fourth-order valence-electron chi connectivity index (χ4n) is 3.30. The summed E-state index contributed by atoms with van der Waals surface area (Å²) in [7, 11) is 0. The van der Waals surface area contributed by atoms with Crippen molar-refractivity contribution in [3.05, 3.63) is 0 Å². The van der Waals surface area contributed by atoms with Crippen LogP contribution in [-0.4, -0.2) is 32.0 Å². The lowest BCUT2D eigenvalue weighted by Crippen LogP contribution is -2.41. The summed E-state index contributed by atoms with van der Waals surface area (Å²) in [6, 6.07) is 0.447. The number of nitrogens with one attached hydrogen (secondary N) is 1. The summed E-state index contributed by atoms with van der Waals surface area (Å²) in [4.78, 5) is 0. The molecule has 0 spiro atoms. The Labute approximate surface area is 120 Å². The van der Waals surface area contributed by atoms with Crippen LogP contribution in [0.25, 0.3) is 0 Å². The van der Waals surface area contributed by atoms with Gasteiger partial charge in [0, 0.05) is 12.6 Å². The van der Waals surface area contributed by atoms with Gasteiger partial charge in [-0.1, -0.05) is 26.7 Å². The molecule has 20 heavy (non-hydrogen) atoms. The van der Waals surface area contributed by atoms with E-state index in [1.165, 1.54) is 19.3 Å². The molecule has 0 aromatic carbocycles. The van der Waals surface area contributed by atoms with Crippen molar-refractivity contribution in [1.82, 2.24) is 5.32 Å². The van der Waals surface area contributed by atoms with Crippen LogP contribution in [0.2, 0.25) is 0 Å². The van der Waals surface area contributed by atoms with Crippen molar-refractivity contribution in [1.29, 1.82) is 0 Å². The minimum absolute atomic E-state index is 0.213. The summed E-state index contributed by atoms with van der Waals surface area (Å²) >= 11 is 0. The molecular formula is C15H28F3NO. The molecule has 0 radical (unpaired) electrons. The summed E-state index contributed by atoms with van der Waals surface area (Å²) in [6.07, 6.45) is 2.45. The minimum Gasteiger partial charge on any atom is -0.372 e. The summed E-state index contributed by atoms with van der Waals surface area (Å²) < 4.78 is 40.9. The van der Waals surface area contributed by atoms with Crippen LogP contribution < -0.4 is 5.32 Å². The molecule has 120 valence electrons. The van der Waals surface area contributed by atoms with Gasteiger partial charge in [-0.15, -0.1) is 0 Å². The standard InChI is InChI=1S/C15H28F3NO/c1-3-5-12-6-7-14(19-4-2)13(10-12)8-9-20-11-15(16,17)18/h12-14,19H,3-11H2,1-2H3. The molecule has 0 heterocycles. The first-order chi connectivity index (χ1) is 9.46. The van der Waals surface area contributed by atoms with E-state index in [2.05, 4.69) is 19.2 Å². The monoisotopic (exact) mass is 295 g/mol. The van der Waals surface area contributed by atoms with Gasteiger partial charge in [0.1, 0.15) is 6.61 Å². The third-order valence-electron chi connectivity index (χ3n) is 4.15. The molecule has 1 rings (SSSR count). The third kappa shape index (κ3) is 6.93. The van der Waals surface area contributed by atoms with Gasteiger partial charge in [-0.25, -0.2) is 0 Å². The van der Waals surface area contributed by atoms with Crippen LogP contribution in [0.5, 0.6) is 0 Å². The second kappa shape index (κ2) is 8.88. The van der Waals surface area contributed by atoms with Gasteiger partial charge < -0.3 is 10.1 Å². The second-order valence-corrected chi connectivity index (χ2v) is 5.85. The van der Waals surface area contributed by atoms with Crippen LogP contribution in [0.1, 0.15) is 52.4 Å². The molecule has 1 aliphatic carbocycles. The lowest BCUT2D eigenvalue weighted by Gasteiger charge is -2.36. The number of rotatable bonds is 8. The first-order valence-corrected chi connectivity index (χ1v) is 7.84. The SMILES string of the molecule is CCCC1CCC(NCC)C(CCOCC(F)(F)F)C1. The van der Waals surface area contributed by atoms with E-state index in [-0.39, 0.29) is 6.61 Å². The summed E-state index contributed by atoms with van der Waals surface area (Å²) in [5.41, 5.74) is 0. The van der Waals surface area contributed by atoms with Crippen molar-refractivity contribution in [2.24, 2.45) is 11.8 Å². The van der Waals surface area contributed by atoms with Gasteiger partial charge in [-0.05, 0) is 44.1 Å². The Kier molecular flexibility index (Phi) is 7.88. The Balaban J connectivity index is 2.35. The van der Waals surface area contributed by atoms with Crippen molar-refractivity contribution < 1.29 is 17.9 Å². The average molecular weight is 295 g/mol. The highest BCUT2D eigenvalue weighted by molar-refractivity contribution is 4.84. The quantitative estimate of drug-likeness (QED) is 0.679. The first-order valence-electron chi connectivity index (χ1n) is 7.84. The van der Waals surface area contributed by atoms with Gasteiger partial charge in [0.2, 0.25) is 0 Å². The van der Waals surface area contributed by atoms with E-state index >= 15 is 0 Å². The van der Waals surface area contributed by atoms with Gasteiger partial charge in [0.05, 0.1) is 0 Å². The van der Waals surface area contributed by atoms with Gasteiger partial charge in [0.15, 0.2) is 0 Å². The highest BCUT2D eigenvalue weighted by atomic mass is 19.4. The zero-order chi connectivity index (χ0) is 15.0. The van der Waals surface area contributed by atoms with Crippen molar-refractivity contribution in [2.75, 3.05) is 19.8 Å². The van der Waals surface area contributed by atoms with E-state index < -0.39 is 12.8 Å². The zero-order valence-corrected chi connectivity index (χ0v) is 12.6. The number of hydrogen-bond acceptors (Lipinski definition) is 2.